The standard InChI is InChI=1S/C18H30FN/c1-7-10-18(6,13-20-17(3,4)5)12-15-8-9-16(19)11-14(15)2/h8-9,11,20H,7,10,12-13H2,1-6H3. The smallest absolute Gasteiger partial charge is 0.123 e. The Morgan fingerprint density at radius 3 is 2.30 bits per heavy atom. The fourth-order valence-electron chi connectivity index (χ4n) is 2.64. The van der Waals surface area contributed by atoms with Crippen LogP contribution in [0.2, 0.25) is 0 Å². The van der Waals surface area contributed by atoms with Crippen molar-refractivity contribution in [2.75, 3.05) is 6.54 Å². The van der Waals surface area contributed by atoms with Crippen LogP contribution in [0.5, 0.6) is 0 Å². The second-order valence-electron chi connectivity index (χ2n) is 7.41. The van der Waals surface area contributed by atoms with Crippen LogP contribution in [0, 0.1) is 18.2 Å². The number of hydrogen-bond acceptors (Lipinski definition) is 1. The number of halogens is 1. The zero-order chi connectivity index (χ0) is 15.4. The first kappa shape index (κ1) is 17.2. The number of hydrogen-bond donors (Lipinski definition) is 1. The van der Waals surface area contributed by atoms with Gasteiger partial charge in [-0.2, -0.15) is 0 Å². The molecule has 0 saturated heterocycles. The number of nitrogens with one attached hydrogen (secondary N) is 1. The Balaban J connectivity index is 2.84. The van der Waals surface area contributed by atoms with Crippen LogP contribution in [0.4, 0.5) is 4.39 Å². The molecular weight excluding hydrogens is 249 g/mol. The molecule has 0 heterocycles. The van der Waals surface area contributed by atoms with Gasteiger partial charge < -0.3 is 5.32 Å². The lowest BCUT2D eigenvalue weighted by Crippen LogP contribution is -2.43. The van der Waals surface area contributed by atoms with Crippen LogP contribution in [0.25, 0.3) is 0 Å². The van der Waals surface area contributed by atoms with Crippen LogP contribution >= 0.6 is 0 Å². The van der Waals surface area contributed by atoms with Crippen molar-refractivity contribution in [1.82, 2.24) is 5.32 Å². The Morgan fingerprint density at radius 1 is 1.15 bits per heavy atom. The van der Waals surface area contributed by atoms with Crippen molar-refractivity contribution in [3.63, 3.8) is 0 Å². The third-order valence-electron chi connectivity index (χ3n) is 3.82. The first-order valence-electron chi connectivity index (χ1n) is 7.65. The van der Waals surface area contributed by atoms with Gasteiger partial charge in [-0.25, -0.2) is 4.39 Å². The van der Waals surface area contributed by atoms with Crippen molar-refractivity contribution in [3.8, 4) is 0 Å². The molecule has 20 heavy (non-hydrogen) atoms. The first-order chi connectivity index (χ1) is 9.15. The summed E-state index contributed by atoms with van der Waals surface area (Å²) < 4.78 is 13.2. The predicted octanol–water partition coefficient (Wildman–Crippen LogP) is 4.87. The molecule has 0 saturated carbocycles. The lowest BCUT2D eigenvalue weighted by molar-refractivity contribution is 0.243. The number of aryl methyl sites for hydroxylation is 1. The summed E-state index contributed by atoms with van der Waals surface area (Å²) in [6, 6.07) is 5.15. The Morgan fingerprint density at radius 2 is 1.80 bits per heavy atom. The Kier molecular flexibility index (Phi) is 5.76. The largest absolute Gasteiger partial charge is 0.312 e. The van der Waals surface area contributed by atoms with Crippen molar-refractivity contribution in [2.45, 2.75) is 66.3 Å². The highest BCUT2D eigenvalue weighted by Crippen LogP contribution is 2.29. The van der Waals surface area contributed by atoms with Gasteiger partial charge >= 0.3 is 0 Å². The van der Waals surface area contributed by atoms with Crippen LogP contribution in [0.15, 0.2) is 18.2 Å². The summed E-state index contributed by atoms with van der Waals surface area (Å²) >= 11 is 0. The topological polar surface area (TPSA) is 12.0 Å². The highest BCUT2D eigenvalue weighted by atomic mass is 19.1. The molecule has 0 bridgehead atoms. The van der Waals surface area contributed by atoms with E-state index in [1.54, 1.807) is 12.1 Å². The molecule has 0 fully saturated rings. The van der Waals surface area contributed by atoms with Gasteiger partial charge in [-0.3, -0.25) is 0 Å². The lowest BCUT2D eigenvalue weighted by atomic mass is 9.78. The summed E-state index contributed by atoms with van der Waals surface area (Å²) in [5.74, 6) is -0.142. The van der Waals surface area contributed by atoms with E-state index in [1.165, 1.54) is 18.4 Å². The average molecular weight is 279 g/mol. The summed E-state index contributed by atoms with van der Waals surface area (Å²) in [6.07, 6.45) is 3.34. The number of rotatable bonds is 6. The molecule has 0 radical (unpaired) electrons. The molecule has 1 unspecified atom stereocenters. The molecule has 1 aromatic carbocycles. The van der Waals surface area contributed by atoms with Gasteiger partial charge in [0, 0.05) is 12.1 Å². The van der Waals surface area contributed by atoms with E-state index in [9.17, 15) is 4.39 Å². The molecule has 1 atom stereocenters. The van der Waals surface area contributed by atoms with E-state index in [-0.39, 0.29) is 16.8 Å². The van der Waals surface area contributed by atoms with E-state index in [4.69, 9.17) is 0 Å². The van der Waals surface area contributed by atoms with Gasteiger partial charge in [-0.05, 0) is 69.2 Å². The van der Waals surface area contributed by atoms with Gasteiger partial charge in [0.25, 0.3) is 0 Å². The van der Waals surface area contributed by atoms with Crippen LogP contribution in [-0.4, -0.2) is 12.1 Å². The molecule has 114 valence electrons. The molecule has 1 N–H and O–H groups in total. The molecule has 0 aliphatic carbocycles. The molecule has 0 aromatic heterocycles. The molecule has 0 amide bonds. The zero-order valence-electron chi connectivity index (χ0n) is 13.9. The maximum atomic E-state index is 13.2. The van der Waals surface area contributed by atoms with Crippen LogP contribution in [-0.2, 0) is 6.42 Å². The van der Waals surface area contributed by atoms with E-state index >= 15 is 0 Å². The van der Waals surface area contributed by atoms with Crippen molar-refractivity contribution >= 4 is 0 Å². The predicted molar refractivity (Wildman–Crippen MR) is 85.6 cm³/mol. The highest BCUT2D eigenvalue weighted by molar-refractivity contribution is 5.27. The van der Waals surface area contributed by atoms with Crippen LogP contribution < -0.4 is 5.32 Å². The maximum Gasteiger partial charge on any atom is 0.123 e. The number of benzene rings is 1. The summed E-state index contributed by atoms with van der Waals surface area (Å²) in [5.41, 5.74) is 2.67. The second-order valence-corrected chi connectivity index (χ2v) is 7.41. The van der Waals surface area contributed by atoms with E-state index < -0.39 is 0 Å². The van der Waals surface area contributed by atoms with Crippen molar-refractivity contribution in [3.05, 3.63) is 35.1 Å². The molecule has 1 nitrogen and oxygen atoms in total. The molecular formula is C18H30FN. The van der Waals surface area contributed by atoms with Crippen LogP contribution in [0.3, 0.4) is 0 Å². The third-order valence-corrected chi connectivity index (χ3v) is 3.82. The fourth-order valence-corrected chi connectivity index (χ4v) is 2.64. The van der Waals surface area contributed by atoms with Gasteiger partial charge in [0.15, 0.2) is 0 Å². The minimum Gasteiger partial charge on any atom is -0.312 e. The Hall–Kier alpha value is -0.890. The molecule has 0 aliphatic rings. The quantitative estimate of drug-likeness (QED) is 0.783. The molecule has 1 aromatic rings. The minimum absolute atomic E-state index is 0.132. The lowest BCUT2D eigenvalue weighted by Gasteiger charge is -2.34. The summed E-state index contributed by atoms with van der Waals surface area (Å²) in [5, 5.41) is 3.62. The van der Waals surface area contributed by atoms with Crippen molar-refractivity contribution in [1.29, 1.82) is 0 Å². The fraction of sp³-hybridized carbons (Fsp3) is 0.667. The van der Waals surface area contributed by atoms with Crippen LogP contribution in [0.1, 0.15) is 58.6 Å². The minimum atomic E-state index is -0.142. The van der Waals surface area contributed by atoms with E-state index in [2.05, 4.69) is 39.9 Å². The van der Waals surface area contributed by atoms with Crippen molar-refractivity contribution < 1.29 is 4.39 Å². The van der Waals surface area contributed by atoms with Gasteiger partial charge in [0.2, 0.25) is 0 Å². The van der Waals surface area contributed by atoms with Gasteiger partial charge in [-0.1, -0.05) is 26.3 Å². The first-order valence-corrected chi connectivity index (χ1v) is 7.65. The Bertz CT molecular complexity index is 434. The molecule has 1 rings (SSSR count). The second kappa shape index (κ2) is 6.71. The monoisotopic (exact) mass is 279 g/mol. The zero-order valence-corrected chi connectivity index (χ0v) is 13.9. The third kappa shape index (κ3) is 5.62. The summed E-state index contributed by atoms with van der Waals surface area (Å²) in [6.45, 7) is 14.1. The molecule has 2 heteroatoms. The molecule has 0 spiro atoms. The van der Waals surface area contributed by atoms with E-state index in [1.807, 2.05) is 13.0 Å². The SMILES string of the molecule is CCCC(C)(CNC(C)(C)C)Cc1ccc(F)cc1C. The highest BCUT2D eigenvalue weighted by Gasteiger charge is 2.26. The molecule has 0 aliphatic heterocycles. The van der Waals surface area contributed by atoms with E-state index in [0.29, 0.717) is 0 Å². The summed E-state index contributed by atoms with van der Waals surface area (Å²) in [7, 11) is 0. The van der Waals surface area contributed by atoms with Gasteiger partial charge in [0.05, 0.1) is 0 Å². The normalized spacial score (nSPS) is 15.2. The van der Waals surface area contributed by atoms with Gasteiger partial charge in [-0.15, -0.1) is 0 Å². The maximum absolute atomic E-state index is 13.2. The van der Waals surface area contributed by atoms with Crippen molar-refractivity contribution in [2.24, 2.45) is 5.41 Å². The van der Waals surface area contributed by atoms with Gasteiger partial charge in [0.1, 0.15) is 5.82 Å². The van der Waals surface area contributed by atoms with E-state index in [0.717, 1.165) is 18.5 Å². The summed E-state index contributed by atoms with van der Waals surface area (Å²) in [4.78, 5) is 0. The Labute approximate surface area is 124 Å². The average Bonchev–Trinajstić information content (AvgIpc) is 2.30.